The van der Waals surface area contributed by atoms with Crippen molar-refractivity contribution < 1.29 is 19.4 Å². The van der Waals surface area contributed by atoms with Crippen molar-refractivity contribution in [1.29, 1.82) is 0 Å². The van der Waals surface area contributed by atoms with E-state index in [1.165, 1.54) is 0 Å². The van der Waals surface area contributed by atoms with Gasteiger partial charge in [0.2, 0.25) is 5.91 Å². The summed E-state index contributed by atoms with van der Waals surface area (Å²) < 4.78 is 5.20. The first-order valence-corrected chi connectivity index (χ1v) is 5.27. The predicted octanol–water partition coefficient (Wildman–Crippen LogP) is 0.146. The lowest BCUT2D eigenvalue weighted by Gasteiger charge is -2.13. The molecule has 0 aromatic heterocycles. The highest BCUT2D eigenvalue weighted by atomic mass is 16.5. The van der Waals surface area contributed by atoms with Crippen LogP contribution in [0.5, 0.6) is 0 Å². The van der Waals surface area contributed by atoms with Gasteiger partial charge in [-0.3, -0.25) is 9.59 Å². The Morgan fingerprint density at radius 2 is 2.20 bits per heavy atom. The number of carboxylic acid groups (broad SMARTS) is 1. The zero-order valence-electron chi connectivity index (χ0n) is 8.49. The summed E-state index contributed by atoms with van der Waals surface area (Å²) in [6.45, 7) is 0.864. The van der Waals surface area contributed by atoms with Gasteiger partial charge in [-0.25, -0.2) is 0 Å². The van der Waals surface area contributed by atoms with Crippen LogP contribution >= 0.6 is 0 Å². The quantitative estimate of drug-likeness (QED) is 0.696. The number of amides is 1. The van der Waals surface area contributed by atoms with E-state index < -0.39 is 11.4 Å². The van der Waals surface area contributed by atoms with Crippen LogP contribution < -0.4 is 5.32 Å². The van der Waals surface area contributed by atoms with Crippen LogP contribution in [0.2, 0.25) is 0 Å². The molecule has 1 aliphatic carbocycles. The lowest BCUT2D eigenvalue weighted by molar-refractivity contribution is -0.143. The van der Waals surface area contributed by atoms with E-state index in [4.69, 9.17) is 9.84 Å². The van der Waals surface area contributed by atoms with Crippen LogP contribution in [0.4, 0.5) is 0 Å². The molecule has 0 aromatic rings. The lowest BCUT2D eigenvalue weighted by Crippen LogP contribution is -2.39. The molecule has 2 fully saturated rings. The van der Waals surface area contributed by atoms with E-state index in [0.29, 0.717) is 19.4 Å². The minimum Gasteiger partial charge on any atom is -0.481 e. The van der Waals surface area contributed by atoms with E-state index in [-0.39, 0.29) is 18.6 Å². The Bertz CT molecular complexity index is 279. The van der Waals surface area contributed by atoms with Gasteiger partial charge in [-0.2, -0.15) is 0 Å². The minimum absolute atomic E-state index is 0.167. The second-order valence-electron chi connectivity index (χ2n) is 4.30. The predicted molar refractivity (Wildman–Crippen MR) is 51.3 cm³/mol. The second-order valence-corrected chi connectivity index (χ2v) is 4.30. The molecule has 0 spiro atoms. The maximum atomic E-state index is 11.5. The van der Waals surface area contributed by atoms with Crippen LogP contribution in [-0.4, -0.2) is 36.2 Å². The molecule has 1 aliphatic heterocycles. The molecule has 1 amide bonds. The van der Waals surface area contributed by atoms with Gasteiger partial charge in [0.25, 0.3) is 0 Å². The lowest BCUT2D eigenvalue weighted by atomic mass is 10.1. The smallest absolute Gasteiger partial charge is 0.311 e. The Hall–Kier alpha value is -1.10. The SMILES string of the molecule is O=C(NCC1(C(=O)O)CC1)C1CCCO1. The molecule has 0 aromatic carbocycles. The normalized spacial score (nSPS) is 27.3. The number of ether oxygens (including phenoxy) is 1. The Morgan fingerprint density at radius 1 is 1.47 bits per heavy atom. The molecule has 1 atom stereocenters. The van der Waals surface area contributed by atoms with Crippen molar-refractivity contribution in [3.05, 3.63) is 0 Å². The van der Waals surface area contributed by atoms with Gasteiger partial charge in [0, 0.05) is 13.2 Å². The van der Waals surface area contributed by atoms with E-state index in [1.807, 2.05) is 0 Å². The Labute approximate surface area is 87.8 Å². The summed E-state index contributed by atoms with van der Waals surface area (Å²) in [7, 11) is 0. The van der Waals surface area contributed by atoms with Crippen LogP contribution in [0.15, 0.2) is 0 Å². The summed E-state index contributed by atoms with van der Waals surface area (Å²) in [5, 5.41) is 11.6. The summed E-state index contributed by atoms with van der Waals surface area (Å²) in [6.07, 6.45) is 2.60. The molecular formula is C10H15NO4. The van der Waals surface area contributed by atoms with Crippen molar-refractivity contribution in [2.45, 2.75) is 31.8 Å². The molecule has 1 heterocycles. The standard InChI is InChI=1S/C10H15NO4/c12-8(7-2-1-5-15-7)11-6-10(3-4-10)9(13)14/h7H,1-6H2,(H,11,12)(H,13,14). The molecule has 5 nitrogen and oxygen atoms in total. The van der Waals surface area contributed by atoms with Crippen LogP contribution in [0, 0.1) is 5.41 Å². The van der Waals surface area contributed by atoms with E-state index in [2.05, 4.69) is 5.32 Å². The molecule has 0 bridgehead atoms. The van der Waals surface area contributed by atoms with E-state index in [0.717, 1.165) is 12.8 Å². The molecule has 2 aliphatic rings. The number of hydrogen-bond donors (Lipinski definition) is 2. The third-order valence-electron chi connectivity index (χ3n) is 3.13. The monoisotopic (exact) mass is 213 g/mol. The molecule has 84 valence electrons. The largest absolute Gasteiger partial charge is 0.481 e. The van der Waals surface area contributed by atoms with Crippen LogP contribution in [0.25, 0.3) is 0 Å². The number of carbonyl (C=O) groups is 2. The summed E-state index contributed by atoms with van der Waals surface area (Å²) in [6, 6.07) is 0. The van der Waals surface area contributed by atoms with Crippen LogP contribution in [0.3, 0.4) is 0 Å². The first-order chi connectivity index (χ1) is 7.14. The number of nitrogens with one attached hydrogen (secondary N) is 1. The topological polar surface area (TPSA) is 75.6 Å². The van der Waals surface area contributed by atoms with Crippen molar-refractivity contribution in [3.63, 3.8) is 0 Å². The third kappa shape index (κ3) is 2.12. The van der Waals surface area contributed by atoms with Crippen molar-refractivity contribution in [1.82, 2.24) is 5.32 Å². The molecule has 5 heteroatoms. The number of aliphatic carboxylic acids is 1. The van der Waals surface area contributed by atoms with Crippen LogP contribution in [0.1, 0.15) is 25.7 Å². The highest BCUT2D eigenvalue weighted by molar-refractivity contribution is 5.83. The molecule has 2 rings (SSSR count). The number of hydrogen-bond acceptors (Lipinski definition) is 3. The summed E-state index contributed by atoms with van der Waals surface area (Å²) in [5.74, 6) is -0.977. The van der Waals surface area contributed by atoms with Gasteiger partial charge in [-0.15, -0.1) is 0 Å². The highest BCUT2D eigenvalue weighted by Gasteiger charge is 2.50. The van der Waals surface area contributed by atoms with Crippen molar-refractivity contribution >= 4 is 11.9 Å². The Kier molecular flexibility index (Phi) is 2.65. The zero-order chi connectivity index (χ0) is 10.9. The maximum absolute atomic E-state index is 11.5. The van der Waals surface area contributed by atoms with Gasteiger partial charge in [0.15, 0.2) is 0 Å². The Morgan fingerprint density at radius 3 is 2.67 bits per heavy atom. The minimum atomic E-state index is -0.810. The maximum Gasteiger partial charge on any atom is 0.311 e. The van der Waals surface area contributed by atoms with Crippen LogP contribution in [-0.2, 0) is 14.3 Å². The fourth-order valence-electron chi connectivity index (χ4n) is 1.77. The first kappa shape index (κ1) is 10.4. The highest BCUT2D eigenvalue weighted by Crippen LogP contribution is 2.45. The first-order valence-electron chi connectivity index (χ1n) is 5.27. The van der Waals surface area contributed by atoms with E-state index in [9.17, 15) is 9.59 Å². The van der Waals surface area contributed by atoms with Gasteiger partial charge >= 0.3 is 5.97 Å². The molecule has 1 unspecified atom stereocenters. The van der Waals surface area contributed by atoms with Gasteiger partial charge in [0.1, 0.15) is 6.10 Å². The van der Waals surface area contributed by atoms with Gasteiger partial charge in [-0.1, -0.05) is 0 Å². The zero-order valence-corrected chi connectivity index (χ0v) is 8.49. The summed E-state index contributed by atoms with van der Waals surface area (Å²) >= 11 is 0. The molecule has 1 saturated heterocycles. The molecule has 1 saturated carbocycles. The van der Waals surface area contributed by atoms with Crippen molar-refractivity contribution in [2.24, 2.45) is 5.41 Å². The Balaban J connectivity index is 1.78. The second kappa shape index (κ2) is 3.81. The van der Waals surface area contributed by atoms with Gasteiger partial charge in [0.05, 0.1) is 5.41 Å². The molecular weight excluding hydrogens is 198 g/mol. The summed E-state index contributed by atoms with van der Waals surface area (Å²) in [5.41, 5.74) is -0.686. The van der Waals surface area contributed by atoms with E-state index in [1.54, 1.807) is 0 Å². The average molecular weight is 213 g/mol. The van der Waals surface area contributed by atoms with Gasteiger partial charge < -0.3 is 15.2 Å². The third-order valence-corrected chi connectivity index (χ3v) is 3.13. The number of carbonyl (C=O) groups excluding carboxylic acids is 1. The fraction of sp³-hybridized carbons (Fsp3) is 0.800. The average Bonchev–Trinajstić information content (AvgIpc) is 2.80. The van der Waals surface area contributed by atoms with Gasteiger partial charge in [-0.05, 0) is 25.7 Å². The fourth-order valence-corrected chi connectivity index (χ4v) is 1.77. The molecule has 15 heavy (non-hydrogen) atoms. The van der Waals surface area contributed by atoms with Crippen molar-refractivity contribution in [3.8, 4) is 0 Å². The number of rotatable bonds is 4. The van der Waals surface area contributed by atoms with E-state index >= 15 is 0 Å². The summed E-state index contributed by atoms with van der Waals surface area (Å²) in [4.78, 5) is 22.3. The molecule has 2 N–H and O–H groups in total. The number of carboxylic acids is 1. The molecule has 0 radical (unpaired) electrons. The van der Waals surface area contributed by atoms with Crippen molar-refractivity contribution in [2.75, 3.05) is 13.2 Å².